The van der Waals surface area contributed by atoms with Crippen molar-refractivity contribution in [3.05, 3.63) is 29.8 Å². The molecule has 0 unspecified atom stereocenters. The second-order valence-electron chi connectivity index (χ2n) is 4.72. The van der Waals surface area contributed by atoms with Gasteiger partial charge in [0.15, 0.2) is 6.29 Å². The molecule has 20 heavy (non-hydrogen) atoms. The lowest BCUT2D eigenvalue weighted by Crippen LogP contribution is -2.49. The van der Waals surface area contributed by atoms with Gasteiger partial charge in [-0.1, -0.05) is 18.2 Å². The van der Waals surface area contributed by atoms with Crippen LogP contribution in [0.4, 0.5) is 10.5 Å². The first-order valence-electron chi connectivity index (χ1n) is 7.01. The largest absolute Gasteiger partial charge is 0.351 e. The Kier molecular flexibility index (Phi) is 4.98. The highest BCUT2D eigenvalue weighted by Crippen LogP contribution is 2.28. The van der Waals surface area contributed by atoms with Gasteiger partial charge < -0.3 is 14.4 Å². The monoisotopic (exact) mass is 278 g/mol. The van der Waals surface area contributed by atoms with Gasteiger partial charge in [-0.25, -0.2) is 4.79 Å². The molecule has 0 saturated heterocycles. The summed E-state index contributed by atoms with van der Waals surface area (Å²) in [6.45, 7) is 6.00. The Morgan fingerprint density at radius 2 is 1.85 bits per heavy atom. The first-order valence-corrected chi connectivity index (χ1v) is 7.01. The predicted octanol–water partition coefficient (Wildman–Crippen LogP) is 2.46. The summed E-state index contributed by atoms with van der Waals surface area (Å²) in [6, 6.07) is 7.93. The number of urea groups is 1. The Hall–Kier alpha value is -1.59. The molecule has 5 heteroatoms. The first kappa shape index (κ1) is 14.8. The second kappa shape index (κ2) is 6.72. The van der Waals surface area contributed by atoms with Crippen molar-refractivity contribution in [2.75, 3.05) is 31.7 Å². The molecule has 5 nitrogen and oxygen atoms in total. The lowest BCUT2D eigenvalue weighted by atomic mass is 10.1. The third-order valence-corrected chi connectivity index (χ3v) is 3.28. The van der Waals surface area contributed by atoms with Crippen molar-refractivity contribution in [2.45, 2.75) is 26.7 Å². The van der Waals surface area contributed by atoms with Gasteiger partial charge >= 0.3 is 6.03 Å². The Labute approximate surface area is 120 Å². The van der Waals surface area contributed by atoms with Crippen molar-refractivity contribution in [3.63, 3.8) is 0 Å². The lowest BCUT2D eigenvalue weighted by molar-refractivity contribution is -0.128. The normalized spacial score (nSPS) is 14.9. The van der Waals surface area contributed by atoms with E-state index in [9.17, 15) is 4.79 Å². The zero-order chi connectivity index (χ0) is 14.5. The zero-order valence-electron chi connectivity index (χ0n) is 12.3. The van der Waals surface area contributed by atoms with E-state index in [2.05, 4.69) is 0 Å². The van der Waals surface area contributed by atoms with Gasteiger partial charge in [0.25, 0.3) is 0 Å². The molecule has 1 aliphatic heterocycles. The number of hydrogen-bond acceptors (Lipinski definition) is 3. The zero-order valence-corrected chi connectivity index (χ0v) is 12.3. The van der Waals surface area contributed by atoms with Crippen molar-refractivity contribution < 1.29 is 14.3 Å². The minimum atomic E-state index is -0.395. The molecule has 0 saturated carbocycles. The van der Waals surface area contributed by atoms with Gasteiger partial charge in [-0.2, -0.15) is 0 Å². The number of amides is 2. The number of benzene rings is 1. The van der Waals surface area contributed by atoms with Crippen molar-refractivity contribution in [3.8, 4) is 0 Å². The molecular weight excluding hydrogens is 256 g/mol. The molecule has 0 fully saturated rings. The smallest absolute Gasteiger partial charge is 0.324 e. The van der Waals surface area contributed by atoms with Gasteiger partial charge in [-0.3, -0.25) is 4.90 Å². The molecule has 1 heterocycles. The first-order chi connectivity index (χ1) is 9.67. The molecule has 2 amide bonds. The van der Waals surface area contributed by atoms with Gasteiger partial charge in [0.1, 0.15) is 0 Å². The average Bonchev–Trinajstić information content (AvgIpc) is 2.44. The van der Waals surface area contributed by atoms with E-state index in [1.165, 1.54) is 0 Å². The number of hydrogen-bond donors (Lipinski definition) is 0. The summed E-state index contributed by atoms with van der Waals surface area (Å²) in [5.74, 6) is 0. The molecule has 0 N–H and O–H groups in total. The highest BCUT2D eigenvalue weighted by Gasteiger charge is 2.29. The molecule has 2 rings (SSSR count). The quantitative estimate of drug-likeness (QED) is 0.751. The molecule has 1 aromatic rings. The molecule has 1 aromatic carbocycles. The van der Waals surface area contributed by atoms with Crippen LogP contribution in [-0.4, -0.2) is 44.0 Å². The summed E-state index contributed by atoms with van der Waals surface area (Å²) in [5.41, 5.74) is 2.08. The maximum atomic E-state index is 12.4. The van der Waals surface area contributed by atoms with Crippen LogP contribution in [0.3, 0.4) is 0 Å². The number of para-hydroxylation sites is 1. The number of carbonyl (C=O) groups is 1. The van der Waals surface area contributed by atoms with Gasteiger partial charge in [0.2, 0.25) is 0 Å². The number of carbonyl (C=O) groups excluding carboxylic acids is 1. The fraction of sp³-hybridized carbons (Fsp3) is 0.533. The molecule has 0 atom stereocenters. The highest BCUT2D eigenvalue weighted by molar-refractivity contribution is 5.94. The Morgan fingerprint density at radius 3 is 2.50 bits per heavy atom. The van der Waals surface area contributed by atoms with Crippen molar-refractivity contribution >= 4 is 11.7 Å². The van der Waals surface area contributed by atoms with Crippen LogP contribution < -0.4 is 4.90 Å². The van der Waals surface area contributed by atoms with Gasteiger partial charge in [0, 0.05) is 26.8 Å². The summed E-state index contributed by atoms with van der Waals surface area (Å²) in [6.07, 6.45) is -0.395. The summed E-state index contributed by atoms with van der Waals surface area (Å²) < 4.78 is 11.1. The number of nitrogens with zero attached hydrogens (tertiary/aromatic N) is 2. The molecule has 110 valence electrons. The van der Waals surface area contributed by atoms with E-state index in [4.69, 9.17) is 9.47 Å². The van der Waals surface area contributed by atoms with Crippen LogP contribution in [0.15, 0.2) is 24.3 Å². The van der Waals surface area contributed by atoms with Crippen LogP contribution >= 0.6 is 0 Å². The van der Waals surface area contributed by atoms with Crippen molar-refractivity contribution in [2.24, 2.45) is 0 Å². The number of ether oxygens (including phenoxy) is 2. The van der Waals surface area contributed by atoms with Gasteiger partial charge in [-0.15, -0.1) is 0 Å². The number of anilines is 1. The number of rotatable bonds is 6. The highest BCUT2D eigenvalue weighted by atomic mass is 16.7. The standard InChI is InChI=1S/C15H22N2O3/c1-4-19-14(20-5-2)11-17-13-9-7-6-8-12(13)10-16(3)15(17)18/h6-9,14H,4-5,10-11H2,1-3H3. The van der Waals surface area contributed by atoms with Crippen LogP contribution in [0.5, 0.6) is 0 Å². The fourth-order valence-electron chi connectivity index (χ4n) is 2.39. The SMILES string of the molecule is CCOC(CN1C(=O)N(C)Cc2ccccc21)OCC. The van der Waals surface area contributed by atoms with E-state index in [0.29, 0.717) is 26.3 Å². The van der Waals surface area contributed by atoms with E-state index in [0.717, 1.165) is 11.3 Å². The van der Waals surface area contributed by atoms with Gasteiger partial charge in [-0.05, 0) is 25.5 Å². The third-order valence-electron chi connectivity index (χ3n) is 3.28. The minimum Gasteiger partial charge on any atom is -0.351 e. The fourth-order valence-corrected chi connectivity index (χ4v) is 2.39. The molecule has 1 aliphatic rings. The molecule has 0 spiro atoms. The maximum absolute atomic E-state index is 12.4. The average molecular weight is 278 g/mol. The van der Waals surface area contributed by atoms with E-state index in [-0.39, 0.29) is 6.03 Å². The van der Waals surface area contributed by atoms with Crippen LogP contribution in [0.1, 0.15) is 19.4 Å². The third kappa shape index (κ3) is 3.11. The second-order valence-corrected chi connectivity index (χ2v) is 4.72. The summed E-state index contributed by atoms with van der Waals surface area (Å²) in [4.78, 5) is 15.8. The molecule has 0 aliphatic carbocycles. The number of fused-ring (bicyclic) bond motifs is 1. The molecule has 0 bridgehead atoms. The van der Waals surface area contributed by atoms with Crippen LogP contribution in [-0.2, 0) is 16.0 Å². The molecule has 0 radical (unpaired) electrons. The van der Waals surface area contributed by atoms with E-state index < -0.39 is 6.29 Å². The van der Waals surface area contributed by atoms with E-state index in [1.54, 1.807) is 9.80 Å². The van der Waals surface area contributed by atoms with E-state index >= 15 is 0 Å². The Bertz CT molecular complexity index is 458. The summed E-state index contributed by atoms with van der Waals surface area (Å²) in [7, 11) is 1.81. The molecule has 0 aromatic heterocycles. The predicted molar refractivity (Wildman–Crippen MR) is 77.7 cm³/mol. The maximum Gasteiger partial charge on any atom is 0.324 e. The van der Waals surface area contributed by atoms with Gasteiger partial charge in [0.05, 0.1) is 12.2 Å². The van der Waals surface area contributed by atoms with Crippen LogP contribution in [0.2, 0.25) is 0 Å². The summed E-state index contributed by atoms with van der Waals surface area (Å²) in [5, 5.41) is 0. The minimum absolute atomic E-state index is 0.0203. The topological polar surface area (TPSA) is 42.0 Å². The summed E-state index contributed by atoms with van der Waals surface area (Å²) >= 11 is 0. The lowest BCUT2D eigenvalue weighted by Gasteiger charge is -2.36. The van der Waals surface area contributed by atoms with Crippen LogP contribution in [0, 0.1) is 0 Å². The molecular formula is C15H22N2O3. The van der Waals surface area contributed by atoms with Crippen molar-refractivity contribution in [1.29, 1.82) is 0 Å². The Morgan fingerprint density at radius 1 is 1.20 bits per heavy atom. The van der Waals surface area contributed by atoms with E-state index in [1.807, 2.05) is 45.2 Å². The van der Waals surface area contributed by atoms with Crippen LogP contribution in [0.25, 0.3) is 0 Å². The Balaban J connectivity index is 2.22. The van der Waals surface area contributed by atoms with Crippen molar-refractivity contribution in [1.82, 2.24) is 4.90 Å².